The lowest BCUT2D eigenvalue weighted by Gasteiger charge is -2.10. The van der Waals surface area contributed by atoms with Crippen LogP contribution in [0, 0.1) is 11.3 Å². The minimum atomic E-state index is -0.504. The predicted molar refractivity (Wildman–Crippen MR) is 86.2 cm³/mol. The molecular formula is C18H19NO4. The lowest BCUT2D eigenvalue weighted by atomic mass is 9.97. The van der Waals surface area contributed by atoms with Gasteiger partial charge in [-0.05, 0) is 37.1 Å². The van der Waals surface area contributed by atoms with Crippen molar-refractivity contribution in [1.29, 1.82) is 5.26 Å². The van der Waals surface area contributed by atoms with E-state index in [9.17, 15) is 9.59 Å². The molecule has 0 amide bonds. The second-order valence-corrected chi connectivity index (χ2v) is 4.61. The second-order valence-electron chi connectivity index (χ2n) is 4.61. The van der Waals surface area contributed by atoms with E-state index in [1.54, 1.807) is 38.1 Å². The van der Waals surface area contributed by atoms with Crippen LogP contribution in [-0.2, 0) is 19.1 Å². The monoisotopic (exact) mass is 313 g/mol. The van der Waals surface area contributed by atoms with Crippen molar-refractivity contribution in [1.82, 2.24) is 0 Å². The summed E-state index contributed by atoms with van der Waals surface area (Å²) in [6.45, 7) is 7.64. The molecule has 0 fully saturated rings. The maximum absolute atomic E-state index is 11.7. The van der Waals surface area contributed by atoms with E-state index in [2.05, 4.69) is 6.58 Å². The Morgan fingerprint density at radius 3 is 2.30 bits per heavy atom. The van der Waals surface area contributed by atoms with Crippen LogP contribution in [-0.4, -0.2) is 25.2 Å². The van der Waals surface area contributed by atoms with Crippen LogP contribution in [0.2, 0.25) is 0 Å². The van der Waals surface area contributed by atoms with Crippen LogP contribution in [0.25, 0.3) is 5.57 Å². The zero-order valence-electron chi connectivity index (χ0n) is 13.3. The largest absolute Gasteiger partial charge is 0.463 e. The normalized spacial score (nSPS) is 10.6. The Morgan fingerprint density at radius 1 is 1.17 bits per heavy atom. The number of ether oxygens (including phenoxy) is 2. The summed E-state index contributed by atoms with van der Waals surface area (Å²) in [6.07, 6.45) is 1.48. The van der Waals surface area contributed by atoms with Crippen molar-refractivity contribution in [2.75, 3.05) is 13.2 Å². The third-order valence-electron chi connectivity index (χ3n) is 2.93. The van der Waals surface area contributed by atoms with Crippen molar-refractivity contribution < 1.29 is 19.1 Å². The molecule has 0 spiro atoms. The Labute approximate surface area is 135 Å². The highest BCUT2D eigenvalue weighted by atomic mass is 16.5. The first-order valence-corrected chi connectivity index (χ1v) is 7.24. The molecule has 0 saturated carbocycles. The smallest absolute Gasteiger partial charge is 0.333 e. The van der Waals surface area contributed by atoms with E-state index in [0.29, 0.717) is 16.7 Å². The number of esters is 2. The molecule has 0 aliphatic rings. The number of nitriles is 1. The van der Waals surface area contributed by atoms with Gasteiger partial charge in [-0.2, -0.15) is 5.26 Å². The number of benzene rings is 1. The van der Waals surface area contributed by atoms with E-state index < -0.39 is 11.9 Å². The Balaban J connectivity index is 3.06. The van der Waals surface area contributed by atoms with Crippen LogP contribution in [0.4, 0.5) is 0 Å². The maximum Gasteiger partial charge on any atom is 0.333 e. The summed E-state index contributed by atoms with van der Waals surface area (Å²) >= 11 is 0. The molecule has 0 saturated heterocycles. The number of allylic oxidation sites excluding steroid dienone is 1. The number of hydrogen-bond acceptors (Lipinski definition) is 5. The number of rotatable bonds is 7. The molecule has 0 aromatic heterocycles. The highest BCUT2D eigenvalue weighted by molar-refractivity contribution is 5.96. The van der Waals surface area contributed by atoms with Crippen LogP contribution in [0.5, 0.6) is 0 Å². The highest BCUT2D eigenvalue weighted by Gasteiger charge is 2.13. The molecule has 1 aromatic rings. The third kappa shape index (κ3) is 5.79. The minimum absolute atomic E-state index is 0.156. The lowest BCUT2D eigenvalue weighted by Crippen LogP contribution is -2.08. The Bertz CT molecular complexity index is 651. The van der Waals surface area contributed by atoms with Crippen molar-refractivity contribution in [3.8, 4) is 6.07 Å². The number of hydrogen-bond donors (Lipinski definition) is 0. The minimum Gasteiger partial charge on any atom is -0.463 e. The van der Waals surface area contributed by atoms with E-state index in [1.165, 1.54) is 6.08 Å². The molecule has 0 aliphatic heterocycles. The highest BCUT2D eigenvalue weighted by Crippen LogP contribution is 2.23. The number of nitrogens with zero attached hydrogens (tertiary/aromatic N) is 1. The SMILES string of the molecule is C=C(C/C(=C/C(=O)OCC)c1ccc(C#N)cc1)C(=O)OCC. The van der Waals surface area contributed by atoms with Crippen molar-refractivity contribution in [2.24, 2.45) is 0 Å². The van der Waals surface area contributed by atoms with Gasteiger partial charge in [0.05, 0.1) is 24.8 Å². The van der Waals surface area contributed by atoms with E-state index in [4.69, 9.17) is 14.7 Å². The van der Waals surface area contributed by atoms with Gasteiger partial charge in [0.1, 0.15) is 0 Å². The molecule has 0 bridgehead atoms. The van der Waals surface area contributed by atoms with Crippen LogP contribution >= 0.6 is 0 Å². The predicted octanol–water partition coefficient (Wildman–Crippen LogP) is 3.01. The maximum atomic E-state index is 11.7. The van der Waals surface area contributed by atoms with Gasteiger partial charge < -0.3 is 9.47 Å². The summed E-state index contributed by atoms with van der Waals surface area (Å²) in [5.74, 6) is -1.00. The molecular weight excluding hydrogens is 294 g/mol. The van der Waals surface area contributed by atoms with Gasteiger partial charge in [-0.15, -0.1) is 0 Å². The van der Waals surface area contributed by atoms with Crippen LogP contribution in [0.15, 0.2) is 42.5 Å². The summed E-state index contributed by atoms with van der Waals surface area (Å²) in [6, 6.07) is 8.73. The van der Waals surface area contributed by atoms with E-state index >= 15 is 0 Å². The van der Waals surface area contributed by atoms with Gasteiger partial charge in [0.15, 0.2) is 0 Å². The number of carbonyl (C=O) groups excluding carboxylic acids is 2. The summed E-state index contributed by atoms with van der Waals surface area (Å²) in [5.41, 5.74) is 2.04. The third-order valence-corrected chi connectivity index (χ3v) is 2.93. The standard InChI is InChI=1S/C18H19NO4/c1-4-22-17(20)11-16(10-13(3)18(21)23-5-2)15-8-6-14(12-19)7-9-15/h6-9,11H,3-5,10H2,1-2H3/b16-11-. The quantitative estimate of drug-likeness (QED) is 0.571. The average molecular weight is 313 g/mol. The second kappa shape index (κ2) is 9.21. The van der Waals surface area contributed by atoms with Gasteiger partial charge in [-0.1, -0.05) is 18.7 Å². The molecule has 0 aliphatic carbocycles. The molecule has 0 heterocycles. The zero-order valence-corrected chi connectivity index (χ0v) is 13.3. The molecule has 23 heavy (non-hydrogen) atoms. The Kier molecular flexibility index (Phi) is 7.28. The van der Waals surface area contributed by atoms with Crippen molar-refractivity contribution in [3.63, 3.8) is 0 Å². The fourth-order valence-electron chi connectivity index (χ4n) is 1.86. The molecule has 1 aromatic carbocycles. The Hall–Kier alpha value is -2.87. The molecule has 0 unspecified atom stereocenters. The molecule has 120 valence electrons. The molecule has 0 N–H and O–H groups in total. The Morgan fingerprint density at radius 2 is 1.78 bits per heavy atom. The summed E-state index contributed by atoms with van der Waals surface area (Å²) < 4.78 is 9.82. The van der Waals surface area contributed by atoms with E-state index in [-0.39, 0.29) is 25.2 Å². The fraction of sp³-hybridized carbons (Fsp3) is 0.278. The van der Waals surface area contributed by atoms with Gasteiger partial charge >= 0.3 is 11.9 Å². The summed E-state index contributed by atoms with van der Waals surface area (Å²) in [4.78, 5) is 23.4. The molecule has 0 radical (unpaired) electrons. The van der Waals surface area contributed by atoms with Gasteiger partial charge in [-0.25, -0.2) is 9.59 Å². The van der Waals surface area contributed by atoms with Crippen LogP contribution < -0.4 is 0 Å². The van der Waals surface area contributed by atoms with Crippen LogP contribution in [0.1, 0.15) is 31.4 Å². The first-order valence-electron chi connectivity index (χ1n) is 7.24. The van der Waals surface area contributed by atoms with E-state index in [1.807, 2.05) is 6.07 Å². The van der Waals surface area contributed by atoms with Crippen molar-refractivity contribution >= 4 is 17.5 Å². The summed E-state index contributed by atoms with van der Waals surface area (Å²) in [7, 11) is 0. The molecule has 5 heteroatoms. The first kappa shape index (κ1) is 18.2. The van der Waals surface area contributed by atoms with Gasteiger partial charge in [0, 0.05) is 18.1 Å². The zero-order chi connectivity index (χ0) is 17.2. The fourth-order valence-corrected chi connectivity index (χ4v) is 1.86. The lowest BCUT2D eigenvalue weighted by molar-refractivity contribution is -0.139. The molecule has 0 atom stereocenters. The summed E-state index contributed by atoms with van der Waals surface area (Å²) in [5, 5.41) is 8.85. The van der Waals surface area contributed by atoms with Gasteiger partial charge in [0.25, 0.3) is 0 Å². The van der Waals surface area contributed by atoms with Gasteiger partial charge in [-0.3, -0.25) is 0 Å². The van der Waals surface area contributed by atoms with Gasteiger partial charge in [0.2, 0.25) is 0 Å². The topological polar surface area (TPSA) is 76.4 Å². The van der Waals surface area contributed by atoms with Crippen molar-refractivity contribution in [2.45, 2.75) is 20.3 Å². The van der Waals surface area contributed by atoms with Crippen molar-refractivity contribution in [3.05, 3.63) is 53.6 Å². The van der Waals surface area contributed by atoms with Crippen LogP contribution in [0.3, 0.4) is 0 Å². The average Bonchev–Trinajstić information content (AvgIpc) is 2.54. The van der Waals surface area contributed by atoms with E-state index in [0.717, 1.165) is 0 Å². The molecule has 5 nitrogen and oxygen atoms in total. The first-order chi connectivity index (χ1) is 11.0. The molecule has 1 rings (SSSR count). The number of carbonyl (C=O) groups is 2.